The third-order valence-corrected chi connectivity index (χ3v) is 6.72. The molecule has 0 radical (unpaired) electrons. The molecule has 0 saturated carbocycles. The second-order valence-corrected chi connectivity index (χ2v) is 9.23. The predicted molar refractivity (Wildman–Crippen MR) is 138 cm³/mol. The number of nitrogens with one attached hydrogen (secondary N) is 1. The van der Waals surface area contributed by atoms with Crippen LogP contribution < -0.4 is 16.0 Å². The molecule has 0 spiro atoms. The summed E-state index contributed by atoms with van der Waals surface area (Å²) >= 11 is 0. The van der Waals surface area contributed by atoms with Crippen LogP contribution in [0.25, 0.3) is 5.95 Å². The molecule has 0 unspecified atom stereocenters. The normalized spacial score (nSPS) is 16.1. The number of piperazine rings is 1. The SMILES string of the molecule is CCOC(=O)N1CCN(c2ccc(Nc3nc(N)n(-c4ncc5c(n4)CCCCCC5)n3)cc2F)CC1. The van der Waals surface area contributed by atoms with Crippen LogP contribution in [-0.4, -0.2) is 68.5 Å². The molecule has 3 heterocycles. The van der Waals surface area contributed by atoms with E-state index in [2.05, 4.69) is 20.4 Å². The van der Waals surface area contributed by atoms with Gasteiger partial charge in [-0.05, 0) is 56.4 Å². The fourth-order valence-electron chi connectivity index (χ4n) is 4.76. The lowest BCUT2D eigenvalue weighted by atomic mass is 9.98. The molecule has 11 nitrogen and oxygen atoms in total. The minimum atomic E-state index is -0.382. The quantitative estimate of drug-likeness (QED) is 0.531. The van der Waals surface area contributed by atoms with Crippen molar-refractivity contribution in [2.24, 2.45) is 0 Å². The van der Waals surface area contributed by atoms with Gasteiger partial charge in [0.1, 0.15) is 5.82 Å². The molecule has 12 heteroatoms. The average molecular weight is 510 g/mol. The maximum absolute atomic E-state index is 15.0. The first kappa shape index (κ1) is 24.7. The van der Waals surface area contributed by atoms with E-state index in [1.54, 1.807) is 24.0 Å². The van der Waals surface area contributed by atoms with Crippen LogP contribution in [0.2, 0.25) is 0 Å². The van der Waals surface area contributed by atoms with Gasteiger partial charge in [-0.2, -0.15) is 9.67 Å². The van der Waals surface area contributed by atoms with Gasteiger partial charge in [0.15, 0.2) is 0 Å². The first-order valence-corrected chi connectivity index (χ1v) is 12.8. The van der Waals surface area contributed by atoms with Crippen LogP contribution in [-0.2, 0) is 17.6 Å². The van der Waals surface area contributed by atoms with Crippen molar-refractivity contribution in [3.8, 4) is 5.95 Å². The fraction of sp³-hybridized carbons (Fsp3) is 0.480. The van der Waals surface area contributed by atoms with Crippen molar-refractivity contribution in [2.45, 2.75) is 45.4 Å². The molecule has 196 valence electrons. The summed E-state index contributed by atoms with van der Waals surface area (Å²) in [6.07, 6.45) is 8.11. The smallest absolute Gasteiger partial charge is 0.409 e. The Morgan fingerprint density at radius 1 is 1.11 bits per heavy atom. The van der Waals surface area contributed by atoms with Crippen molar-refractivity contribution in [1.29, 1.82) is 0 Å². The van der Waals surface area contributed by atoms with E-state index >= 15 is 4.39 Å². The molecule has 1 amide bonds. The zero-order valence-electron chi connectivity index (χ0n) is 21.0. The number of carbonyl (C=O) groups is 1. The summed E-state index contributed by atoms with van der Waals surface area (Å²) in [4.78, 5) is 28.9. The first-order valence-electron chi connectivity index (χ1n) is 12.8. The molecule has 0 bridgehead atoms. The molecule has 2 aromatic heterocycles. The number of halogens is 1. The number of hydrogen-bond acceptors (Lipinski definition) is 9. The Labute approximate surface area is 214 Å². The van der Waals surface area contributed by atoms with Gasteiger partial charge in [0.05, 0.1) is 12.3 Å². The van der Waals surface area contributed by atoms with E-state index < -0.39 is 0 Å². The Bertz CT molecular complexity index is 1260. The zero-order valence-corrected chi connectivity index (χ0v) is 21.0. The monoisotopic (exact) mass is 509 g/mol. The standard InChI is InChI=1S/C25H32FN9O2/c1-2-37-25(36)34-13-11-33(12-14-34)21-10-9-18(15-19(21)26)29-23-31-22(27)35(32-23)24-28-16-17-7-5-3-4-6-8-20(17)30-24/h9-10,15-16H,2-8,11-14H2,1H3,(H3,27,29,31,32). The van der Waals surface area contributed by atoms with Crippen molar-refractivity contribution in [1.82, 2.24) is 29.6 Å². The number of benzene rings is 1. The molecule has 3 N–H and O–H groups in total. The third-order valence-electron chi connectivity index (χ3n) is 6.72. The average Bonchev–Trinajstić information content (AvgIpc) is 3.24. The molecule has 37 heavy (non-hydrogen) atoms. The van der Waals surface area contributed by atoms with Gasteiger partial charge >= 0.3 is 6.09 Å². The Balaban J connectivity index is 1.26. The van der Waals surface area contributed by atoms with Crippen molar-refractivity contribution in [3.63, 3.8) is 0 Å². The topological polar surface area (TPSA) is 127 Å². The van der Waals surface area contributed by atoms with Crippen LogP contribution in [0.1, 0.15) is 43.9 Å². The highest BCUT2D eigenvalue weighted by Crippen LogP contribution is 2.26. The van der Waals surface area contributed by atoms with Crippen LogP contribution in [0.3, 0.4) is 0 Å². The minimum Gasteiger partial charge on any atom is -0.450 e. The van der Waals surface area contributed by atoms with E-state index in [4.69, 9.17) is 15.5 Å². The van der Waals surface area contributed by atoms with Crippen molar-refractivity contribution in [3.05, 3.63) is 41.5 Å². The largest absolute Gasteiger partial charge is 0.450 e. The molecule has 0 atom stereocenters. The van der Waals surface area contributed by atoms with E-state index in [9.17, 15) is 4.79 Å². The molecular formula is C25H32FN9O2. The molecule has 1 saturated heterocycles. The molecule has 1 aliphatic heterocycles. The fourth-order valence-corrected chi connectivity index (χ4v) is 4.76. The van der Waals surface area contributed by atoms with Gasteiger partial charge in [0.25, 0.3) is 5.95 Å². The molecule has 5 rings (SSSR count). The van der Waals surface area contributed by atoms with E-state index in [0.717, 1.165) is 31.4 Å². The highest BCUT2D eigenvalue weighted by Gasteiger charge is 2.24. The van der Waals surface area contributed by atoms with Crippen molar-refractivity contribution < 1.29 is 13.9 Å². The molecule has 3 aromatic rings. The number of anilines is 4. The highest BCUT2D eigenvalue weighted by atomic mass is 19.1. The maximum atomic E-state index is 15.0. The molecular weight excluding hydrogens is 477 g/mol. The predicted octanol–water partition coefficient (Wildman–Crippen LogP) is 3.46. The lowest BCUT2D eigenvalue weighted by Crippen LogP contribution is -2.49. The summed E-state index contributed by atoms with van der Waals surface area (Å²) in [6.45, 7) is 4.10. The van der Waals surface area contributed by atoms with Gasteiger partial charge in [0, 0.05) is 43.8 Å². The van der Waals surface area contributed by atoms with Crippen molar-refractivity contribution >= 4 is 29.4 Å². The second kappa shape index (κ2) is 11.0. The molecule has 1 aliphatic carbocycles. The lowest BCUT2D eigenvalue weighted by Gasteiger charge is -2.35. The number of nitrogens with two attached hydrogens (primary N) is 1. The van der Waals surface area contributed by atoms with Crippen LogP contribution >= 0.6 is 0 Å². The van der Waals surface area contributed by atoms with E-state index in [1.807, 2.05) is 11.1 Å². The number of hydrogen-bond donors (Lipinski definition) is 2. The second-order valence-electron chi connectivity index (χ2n) is 9.23. The van der Waals surface area contributed by atoms with Gasteiger partial charge in [-0.15, -0.1) is 5.10 Å². The van der Waals surface area contributed by atoms with Gasteiger partial charge in [-0.1, -0.05) is 12.8 Å². The van der Waals surface area contributed by atoms with Gasteiger partial charge in [0.2, 0.25) is 11.9 Å². The number of nitrogens with zero attached hydrogens (tertiary/aromatic N) is 7. The Kier molecular flexibility index (Phi) is 7.33. The Morgan fingerprint density at radius 3 is 2.65 bits per heavy atom. The minimum absolute atomic E-state index is 0.143. The summed E-state index contributed by atoms with van der Waals surface area (Å²) in [7, 11) is 0. The summed E-state index contributed by atoms with van der Waals surface area (Å²) in [6, 6.07) is 4.86. The maximum Gasteiger partial charge on any atom is 0.409 e. The van der Waals surface area contributed by atoms with Gasteiger partial charge < -0.3 is 25.6 Å². The van der Waals surface area contributed by atoms with Crippen molar-refractivity contribution in [2.75, 3.05) is 48.7 Å². The highest BCUT2D eigenvalue weighted by molar-refractivity contribution is 5.68. The van der Waals surface area contributed by atoms with E-state index in [1.165, 1.54) is 29.2 Å². The van der Waals surface area contributed by atoms with Gasteiger partial charge in [-0.3, -0.25) is 0 Å². The van der Waals surface area contributed by atoms with Crippen LogP contribution in [0, 0.1) is 5.82 Å². The van der Waals surface area contributed by atoms with E-state index in [0.29, 0.717) is 50.1 Å². The third kappa shape index (κ3) is 5.57. The lowest BCUT2D eigenvalue weighted by molar-refractivity contribution is 0.105. The number of aromatic nitrogens is 5. The molecule has 1 fully saturated rings. The summed E-state index contributed by atoms with van der Waals surface area (Å²) in [5, 5.41) is 7.43. The van der Waals surface area contributed by atoms with E-state index in [-0.39, 0.29) is 23.8 Å². The first-order chi connectivity index (χ1) is 18.0. The number of fused-ring (bicyclic) bond motifs is 1. The number of amides is 1. The van der Waals surface area contributed by atoms with Crippen LogP contribution in [0.15, 0.2) is 24.4 Å². The molecule has 2 aliphatic rings. The number of nitrogen functional groups attached to an aromatic ring is 1. The van der Waals surface area contributed by atoms with Gasteiger partial charge in [-0.25, -0.2) is 19.2 Å². The Morgan fingerprint density at radius 2 is 1.89 bits per heavy atom. The summed E-state index contributed by atoms with van der Waals surface area (Å²) in [5.41, 5.74) is 9.29. The number of ether oxygens (including phenoxy) is 1. The summed E-state index contributed by atoms with van der Waals surface area (Å²) < 4.78 is 21.5. The number of aryl methyl sites for hydroxylation is 2. The van der Waals surface area contributed by atoms with Crippen LogP contribution in [0.5, 0.6) is 0 Å². The number of rotatable bonds is 5. The van der Waals surface area contributed by atoms with Crippen LogP contribution in [0.4, 0.5) is 32.5 Å². The molecule has 1 aromatic carbocycles. The summed E-state index contributed by atoms with van der Waals surface area (Å²) in [5.74, 6) is 0.362. The zero-order chi connectivity index (χ0) is 25.8. The Hall–Kier alpha value is -3.96. The number of carbonyl (C=O) groups excluding carboxylic acids is 1.